The van der Waals surface area contributed by atoms with E-state index >= 15 is 0 Å². The molecule has 8 N–H and O–H groups in total. The van der Waals surface area contributed by atoms with Crippen molar-refractivity contribution in [2.75, 3.05) is 0 Å². The first-order valence-corrected chi connectivity index (χ1v) is 13.1. The van der Waals surface area contributed by atoms with E-state index in [0.29, 0.717) is 18.2 Å². The summed E-state index contributed by atoms with van der Waals surface area (Å²) in [6.07, 6.45) is 0. The molecule has 0 heterocycles. The Labute approximate surface area is 157 Å². The Morgan fingerprint density at radius 3 is 1.07 bits per heavy atom. The van der Waals surface area contributed by atoms with Gasteiger partial charge in [0, 0.05) is 11.1 Å². The second-order valence-corrected chi connectivity index (χ2v) is 13.0. The molecule has 0 fully saturated rings. The quantitative estimate of drug-likeness (QED) is 0.181. The molecule has 0 unspecified atom stereocenters. The van der Waals surface area contributed by atoms with Gasteiger partial charge in [0.1, 0.15) is 0 Å². The smallest absolute Gasteiger partial charge is 0.322 e. The Balaban J connectivity index is 4.13. The zero-order valence-electron chi connectivity index (χ0n) is 13.6. The van der Waals surface area contributed by atoms with Crippen molar-refractivity contribution in [1.82, 2.24) is 0 Å². The molecule has 0 aliphatic heterocycles. The highest BCUT2D eigenvalue weighted by molar-refractivity contribution is 7.72. The third kappa shape index (κ3) is 3.68. The highest BCUT2D eigenvalue weighted by Crippen LogP contribution is 2.77. The molecule has 1 rings (SSSR count). The molecule has 28 heavy (non-hydrogen) atoms. The molecule has 14 nitrogen and oxygen atoms in total. The van der Waals surface area contributed by atoms with E-state index < -0.39 is 51.6 Å². The molecule has 0 saturated heterocycles. The van der Waals surface area contributed by atoms with Crippen LogP contribution in [0.5, 0.6) is 0 Å². The maximum Gasteiger partial charge on any atom is 0.369 e. The number of rotatable bonds is 8. The number of benzene rings is 1. The highest BCUT2D eigenvalue weighted by atomic mass is 31.2. The fraction of sp³-hybridized carbons (Fsp3) is 0.200. The molecule has 0 spiro atoms. The zero-order chi connectivity index (χ0) is 22.4. The number of hydrogen-bond acceptors (Lipinski definition) is 6. The number of nitrogens with zero attached hydrogens (tertiary/aromatic N) is 2. The van der Waals surface area contributed by atoms with Gasteiger partial charge in [0.05, 0.1) is 0 Å². The van der Waals surface area contributed by atoms with Crippen molar-refractivity contribution < 1.29 is 57.4 Å². The first-order valence-electron chi connectivity index (χ1n) is 6.63. The van der Waals surface area contributed by atoms with E-state index in [2.05, 4.69) is 23.4 Å². The summed E-state index contributed by atoms with van der Waals surface area (Å²) in [5.74, 6) is 0. The van der Waals surface area contributed by atoms with Gasteiger partial charge in [0.2, 0.25) is 0 Å². The van der Waals surface area contributed by atoms with E-state index in [1.54, 1.807) is 0 Å². The second kappa shape index (κ2) is 7.45. The maximum atomic E-state index is 11.9. The van der Waals surface area contributed by atoms with Crippen molar-refractivity contribution in [2.45, 2.75) is 10.0 Å². The normalized spacial score (nSPS) is 14.6. The van der Waals surface area contributed by atoms with Crippen LogP contribution < -0.4 is 0 Å². The lowest BCUT2D eigenvalue weighted by Gasteiger charge is -2.34. The van der Waals surface area contributed by atoms with E-state index in [-0.39, 0.29) is 0 Å². The molecule has 158 valence electrons. The van der Waals surface area contributed by atoms with Crippen molar-refractivity contribution in [3.8, 4) is 0 Å². The van der Waals surface area contributed by atoms with Gasteiger partial charge in [-0.3, -0.25) is 28.2 Å². The van der Waals surface area contributed by atoms with Crippen LogP contribution in [-0.2, 0) is 28.3 Å². The van der Waals surface area contributed by atoms with Gasteiger partial charge in [-0.05, 0) is 19.5 Å². The summed E-state index contributed by atoms with van der Waals surface area (Å²) in [6.45, 7) is 5.55. The minimum Gasteiger partial charge on any atom is -0.322 e. The van der Waals surface area contributed by atoms with Gasteiger partial charge < -0.3 is 39.1 Å². The average Bonchev–Trinajstić information content (AvgIpc) is 2.44. The van der Waals surface area contributed by atoms with Crippen molar-refractivity contribution in [2.24, 2.45) is 9.98 Å². The first-order chi connectivity index (χ1) is 12.3. The van der Waals surface area contributed by atoms with E-state index in [1.165, 1.54) is 0 Å². The molecule has 1 aromatic carbocycles. The maximum absolute atomic E-state index is 11.9. The monoisotopic (exact) mass is 480 g/mol. The molecule has 0 aliphatic carbocycles. The topological polar surface area (TPSA) is 255 Å². The lowest BCUT2D eigenvalue weighted by molar-refractivity contribution is 0.310. The molecule has 18 heteroatoms. The zero-order valence-corrected chi connectivity index (χ0v) is 17.2. The third-order valence-electron chi connectivity index (χ3n) is 3.70. The molecule has 0 saturated carbocycles. The summed E-state index contributed by atoms with van der Waals surface area (Å²) in [7, 11) is -23.4. The third-order valence-corrected chi connectivity index (χ3v) is 11.7. The van der Waals surface area contributed by atoms with Crippen LogP contribution in [0, 0.1) is 0 Å². The van der Waals surface area contributed by atoms with Crippen molar-refractivity contribution in [3.63, 3.8) is 0 Å². The minimum absolute atomic E-state index is 0.347. The molecule has 0 aliphatic rings. The van der Waals surface area contributed by atoms with Crippen LogP contribution in [0.4, 0.5) is 0 Å². The highest BCUT2D eigenvalue weighted by Gasteiger charge is 2.64. The summed E-state index contributed by atoms with van der Waals surface area (Å²) in [6, 6.07) is 2.55. The van der Waals surface area contributed by atoms with Gasteiger partial charge in [-0.15, -0.1) is 0 Å². The van der Waals surface area contributed by atoms with Gasteiger partial charge in [-0.1, -0.05) is 18.2 Å². The Hall–Kier alpha value is -0.840. The predicted octanol–water partition coefficient (Wildman–Crippen LogP) is 0.0192. The molecule has 0 bridgehead atoms. The summed E-state index contributed by atoms with van der Waals surface area (Å²) < 4.78 is 47.5. The lowest BCUT2D eigenvalue weighted by Crippen LogP contribution is -2.27. The molecule has 0 aromatic heterocycles. The van der Waals surface area contributed by atoms with Gasteiger partial charge in [-0.2, -0.15) is 0 Å². The Kier molecular flexibility index (Phi) is 6.70. The van der Waals surface area contributed by atoms with E-state index in [1.807, 2.05) is 0 Å². The van der Waals surface area contributed by atoms with Gasteiger partial charge in [0.15, 0.2) is 0 Å². The molecular formula is C10H16N2O12P4. The molecular weight excluding hydrogens is 464 g/mol. The fourth-order valence-corrected chi connectivity index (χ4v) is 7.85. The first kappa shape index (κ1) is 25.2. The van der Waals surface area contributed by atoms with Crippen LogP contribution in [-0.4, -0.2) is 52.6 Å². The fourth-order valence-electron chi connectivity index (χ4n) is 2.50. The van der Waals surface area contributed by atoms with E-state index in [0.717, 1.165) is 6.07 Å². The summed E-state index contributed by atoms with van der Waals surface area (Å²) in [5, 5.41) is -7.21. The van der Waals surface area contributed by atoms with Crippen LogP contribution in [0.3, 0.4) is 0 Å². The minimum atomic E-state index is -5.84. The van der Waals surface area contributed by atoms with Gasteiger partial charge >= 0.3 is 30.4 Å². The van der Waals surface area contributed by atoms with Gasteiger partial charge in [0.25, 0.3) is 10.0 Å². The Bertz CT molecular complexity index is 865. The van der Waals surface area contributed by atoms with Crippen LogP contribution in [0.25, 0.3) is 0 Å². The molecule has 1 aromatic rings. The SMILES string of the molecule is C=NC(c1cccc(C(N=C)(P(=O)(O)O)P(=O)(O)O)c1)(P(=O)(O)O)P(=O)(O)O. The summed E-state index contributed by atoms with van der Waals surface area (Å²) in [4.78, 5) is 82.0. The number of aliphatic imine (C=N–C) groups is 2. The van der Waals surface area contributed by atoms with E-state index in [4.69, 9.17) is 0 Å². The molecule has 0 amide bonds. The largest absolute Gasteiger partial charge is 0.369 e. The number of hydrogen-bond donors (Lipinski definition) is 8. The molecule has 0 atom stereocenters. The van der Waals surface area contributed by atoms with Crippen molar-refractivity contribution in [3.05, 3.63) is 35.4 Å². The van der Waals surface area contributed by atoms with Gasteiger partial charge in [-0.25, -0.2) is 0 Å². The average molecular weight is 480 g/mol. The molecule has 0 radical (unpaired) electrons. The van der Waals surface area contributed by atoms with Crippen LogP contribution in [0.15, 0.2) is 34.3 Å². The van der Waals surface area contributed by atoms with Crippen molar-refractivity contribution in [1.29, 1.82) is 0 Å². The van der Waals surface area contributed by atoms with Crippen LogP contribution >= 0.6 is 30.4 Å². The summed E-state index contributed by atoms with van der Waals surface area (Å²) >= 11 is 0. The Morgan fingerprint density at radius 1 is 0.643 bits per heavy atom. The Morgan fingerprint density at radius 2 is 0.893 bits per heavy atom. The lowest BCUT2D eigenvalue weighted by atomic mass is 10.1. The predicted molar refractivity (Wildman–Crippen MR) is 97.1 cm³/mol. The van der Waals surface area contributed by atoms with Crippen LogP contribution in [0.1, 0.15) is 11.1 Å². The van der Waals surface area contributed by atoms with Crippen molar-refractivity contribution >= 4 is 43.8 Å². The van der Waals surface area contributed by atoms with E-state index in [9.17, 15) is 57.4 Å². The standard InChI is InChI=1S/C10H16N2O12P4/c1-11-9(25(13,14)15,26(16,17)18)7-4-3-5-8(6-7)10(12-2,27(19,20)21)28(22,23)24/h3-6H,1-2H2,(H2,13,14,15)(H2,16,17,18)(H2,19,20,21)(H2,22,23,24). The second-order valence-electron chi connectivity index (χ2n) is 5.34. The summed E-state index contributed by atoms with van der Waals surface area (Å²) in [5.41, 5.74) is -2.03. The van der Waals surface area contributed by atoms with Crippen LogP contribution in [0.2, 0.25) is 0 Å².